The molecule has 0 heterocycles. The number of hydrogen-bond donors (Lipinski definition) is 3. The number of carboxylic acid groups (broad SMARTS) is 1. The van der Waals surface area contributed by atoms with Gasteiger partial charge in [0.1, 0.15) is 6.10 Å². The molecule has 0 aliphatic rings. The summed E-state index contributed by atoms with van der Waals surface area (Å²) in [6.45, 7) is 0. The maximum atomic E-state index is 12.4. The van der Waals surface area contributed by atoms with E-state index in [1.807, 2.05) is 18.4 Å². The van der Waals surface area contributed by atoms with Crippen LogP contribution in [-0.2, 0) is 9.53 Å². The van der Waals surface area contributed by atoms with Crippen molar-refractivity contribution in [2.24, 2.45) is 0 Å². The summed E-state index contributed by atoms with van der Waals surface area (Å²) in [7, 11) is 1.45. The zero-order valence-electron chi connectivity index (χ0n) is 16.8. The van der Waals surface area contributed by atoms with Gasteiger partial charge in [0.25, 0.3) is 0 Å². The van der Waals surface area contributed by atoms with Crippen LogP contribution in [0.3, 0.4) is 0 Å². The van der Waals surface area contributed by atoms with Crippen molar-refractivity contribution in [3.05, 3.63) is 60.2 Å². The van der Waals surface area contributed by atoms with Crippen LogP contribution in [0.25, 0.3) is 0 Å². The van der Waals surface area contributed by atoms with Crippen LogP contribution in [0.4, 0.5) is 10.5 Å². The minimum absolute atomic E-state index is 0.0533. The number of phenolic OH excluding ortho intramolecular Hbond substituents is 1. The van der Waals surface area contributed by atoms with Gasteiger partial charge in [-0.2, -0.15) is 0 Å². The third-order valence-corrected chi connectivity index (χ3v) is 5.00. The van der Waals surface area contributed by atoms with Crippen LogP contribution in [0.1, 0.15) is 30.9 Å². The van der Waals surface area contributed by atoms with E-state index in [1.54, 1.807) is 42.1 Å². The first-order valence-electron chi connectivity index (χ1n) is 9.31. The van der Waals surface area contributed by atoms with Gasteiger partial charge in [-0.1, -0.05) is 12.1 Å². The van der Waals surface area contributed by atoms with E-state index < -0.39 is 18.2 Å². The van der Waals surface area contributed by atoms with Crippen molar-refractivity contribution in [3.63, 3.8) is 0 Å². The molecule has 7 nitrogen and oxygen atoms in total. The fourth-order valence-corrected chi connectivity index (χ4v) is 3.17. The number of aliphatic carboxylic acids is 1. The molecule has 0 fully saturated rings. The van der Waals surface area contributed by atoms with Crippen molar-refractivity contribution in [1.29, 1.82) is 0 Å². The highest BCUT2D eigenvalue weighted by molar-refractivity contribution is 7.98. The number of nitrogens with one attached hydrogen (secondary N) is 1. The number of methoxy groups -OCH3 is 1. The van der Waals surface area contributed by atoms with Gasteiger partial charge in [-0.05, 0) is 67.5 Å². The fraction of sp³-hybridized carbons (Fsp3) is 0.273. The lowest BCUT2D eigenvalue weighted by Crippen LogP contribution is -2.17. The summed E-state index contributed by atoms with van der Waals surface area (Å²) < 4.78 is 10.7. The minimum atomic E-state index is -1.00. The van der Waals surface area contributed by atoms with E-state index in [9.17, 15) is 14.7 Å². The van der Waals surface area contributed by atoms with E-state index in [-0.39, 0.29) is 5.75 Å². The van der Waals surface area contributed by atoms with Gasteiger partial charge in [0, 0.05) is 16.7 Å². The summed E-state index contributed by atoms with van der Waals surface area (Å²) in [6.07, 6.45) is 4.94. The van der Waals surface area contributed by atoms with E-state index in [2.05, 4.69) is 5.32 Å². The second kappa shape index (κ2) is 11.8. The Kier molecular flexibility index (Phi) is 9.08. The predicted molar refractivity (Wildman–Crippen MR) is 116 cm³/mol. The molecule has 8 heteroatoms. The molecule has 1 atom stereocenters. The van der Waals surface area contributed by atoms with Gasteiger partial charge in [0.05, 0.1) is 7.11 Å². The van der Waals surface area contributed by atoms with Gasteiger partial charge in [-0.15, -0.1) is 11.8 Å². The van der Waals surface area contributed by atoms with E-state index in [0.717, 1.165) is 11.0 Å². The molecular formula is C22H25NO6S. The summed E-state index contributed by atoms with van der Waals surface area (Å²) in [5.74, 6) is -0.739. The largest absolute Gasteiger partial charge is 0.504 e. The van der Waals surface area contributed by atoms with Gasteiger partial charge >= 0.3 is 12.1 Å². The van der Waals surface area contributed by atoms with Crippen LogP contribution in [0.2, 0.25) is 0 Å². The van der Waals surface area contributed by atoms with Crippen LogP contribution in [0.15, 0.2) is 59.5 Å². The van der Waals surface area contributed by atoms with Gasteiger partial charge in [0.2, 0.25) is 0 Å². The Balaban J connectivity index is 2.07. The van der Waals surface area contributed by atoms with Gasteiger partial charge < -0.3 is 19.7 Å². The quantitative estimate of drug-likeness (QED) is 0.269. The molecule has 2 rings (SSSR count). The number of hydrogen-bond acceptors (Lipinski definition) is 6. The molecule has 0 saturated heterocycles. The highest BCUT2D eigenvalue weighted by Gasteiger charge is 2.18. The topological polar surface area (TPSA) is 105 Å². The number of carboxylic acids is 1. The summed E-state index contributed by atoms with van der Waals surface area (Å²) in [5.41, 5.74) is 1.22. The summed E-state index contributed by atoms with van der Waals surface area (Å²) in [5, 5.41) is 21.4. The molecule has 3 N–H and O–H groups in total. The van der Waals surface area contributed by atoms with E-state index in [1.165, 1.54) is 13.2 Å². The zero-order chi connectivity index (χ0) is 21.9. The van der Waals surface area contributed by atoms with Crippen LogP contribution in [0.5, 0.6) is 11.5 Å². The lowest BCUT2D eigenvalue weighted by Gasteiger charge is -2.19. The number of thioether (sulfide) groups is 1. The van der Waals surface area contributed by atoms with Crippen LogP contribution >= 0.6 is 11.8 Å². The lowest BCUT2D eigenvalue weighted by molar-refractivity contribution is -0.131. The average Bonchev–Trinajstić information content (AvgIpc) is 2.73. The third kappa shape index (κ3) is 7.36. The number of aromatic hydroxyl groups is 1. The van der Waals surface area contributed by atoms with E-state index >= 15 is 0 Å². The first-order valence-corrected chi connectivity index (χ1v) is 10.5. The standard InChI is InChI=1S/C22H25NO6S/c1-28-20-13-8-15(14-18(20)24)19(6-4-3-5-7-21(25)26)29-22(27)23-16-9-11-17(30-2)12-10-16/h5,7-14,19,24H,3-4,6H2,1-2H3,(H,23,27)(H,25,26)/b7-5+/t19-/m1/s1. The molecule has 2 aromatic carbocycles. The Morgan fingerprint density at radius 1 is 1.20 bits per heavy atom. The number of unbranched alkanes of at least 4 members (excludes halogenated alkanes) is 1. The van der Waals surface area contributed by atoms with Gasteiger partial charge in [-0.3, -0.25) is 5.32 Å². The van der Waals surface area contributed by atoms with Gasteiger partial charge in [0.15, 0.2) is 11.5 Å². The maximum absolute atomic E-state index is 12.4. The summed E-state index contributed by atoms with van der Waals surface area (Å²) in [6, 6.07) is 12.2. The van der Waals surface area contributed by atoms with Crippen molar-refractivity contribution in [2.75, 3.05) is 18.7 Å². The molecule has 0 radical (unpaired) electrons. The zero-order valence-corrected chi connectivity index (χ0v) is 17.6. The Morgan fingerprint density at radius 3 is 2.53 bits per heavy atom. The summed E-state index contributed by atoms with van der Waals surface area (Å²) >= 11 is 1.60. The molecule has 0 aliphatic carbocycles. The number of anilines is 1. The molecular weight excluding hydrogens is 406 g/mol. The van der Waals surface area contributed by atoms with Crippen molar-refractivity contribution < 1.29 is 29.3 Å². The van der Waals surface area contributed by atoms with Crippen LogP contribution < -0.4 is 10.1 Å². The van der Waals surface area contributed by atoms with Crippen molar-refractivity contribution in [3.8, 4) is 11.5 Å². The number of carbonyl (C=O) groups is 2. The van der Waals surface area contributed by atoms with Crippen LogP contribution in [0, 0.1) is 0 Å². The number of phenols is 1. The number of amides is 1. The van der Waals surface area contributed by atoms with Crippen LogP contribution in [-0.4, -0.2) is 35.6 Å². The highest BCUT2D eigenvalue weighted by Crippen LogP contribution is 2.32. The van der Waals surface area contributed by atoms with Crippen molar-refractivity contribution in [1.82, 2.24) is 0 Å². The Morgan fingerprint density at radius 2 is 1.93 bits per heavy atom. The first kappa shape index (κ1) is 23.2. The second-order valence-electron chi connectivity index (χ2n) is 6.35. The Hall–Kier alpha value is -3.13. The number of carbonyl (C=O) groups excluding carboxylic acids is 1. The van der Waals surface area contributed by atoms with E-state index in [4.69, 9.17) is 14.6 Å². The maximum Gasteiger partial charge on any atom is 0.412 e. The Labute approximate surface area is 179 Å². The molecule has 2 aromatic rings. The first-order chi connectivity index (χ1) is 14.4. The smallest absolute Gasteiger partial charge is 0.412 e. The predicted octanol–water partition coefficient (Wildman–Crippen LogP) is 5.22. The molecule has 0 aromatic heterocycles. The SMILES string of the molecule is COc1ccc([C@@H](CCC/C=C/C(=O)O)OC(=O)Nc2ccc(SC)cc2)cc1O. The number of ether oxygens (including phenoxy) is 2. The normalized spacial score (nSPS) is 11.8. The van der Waals surface area contributed by atoms with E-state index in [0.29, 0.717) is 36.3 Å². The monoisotopic (exact) mass is 431 g/mol. The highest BCUT2D eigenvalue weighted by atomic mass is 32.2. The minimum Gasteiger partial charge on any atom is -0.504 e. The number of benzene rings is 2. The molecule has 0 bridgehead atoms. The summed E-state index contributed by atoms with van der Waals surface area (Å²) in [4.78, 5) is 24.1. The van der Waals surface area contributed by atoms with Crippen molar-refractivity contribution >= 4 is 29.5 Å². The molecule has 0 aliphatic heterocycles. The Bertz CT molecular complexity index is 882. The number of allylic oxidation sites excluding steroid dienone is 1. The average molecular weight is 432 g/mol. The third-order valence-electron chi connectivity index (χ3n) is 4.26. The molecule has 0 unspecified atom stereocenters. The van der Waals surface area contributed by atoms with Gasteiger partial charge in [-0.25, -0.2) is 9.59 Å². The van der Waals surface area contributed by atoms with Crippen molar-refractivity contribution in [2.45, 2.75) is 30.3 Å². The molecule has 160 valence electrons. The molecule has 0 saturated carbocycles. The second-order valence-corrected chi connectivity index (χ2v) is 7.23. The number of rotatable bonds is 10. The fourth-order valence-electron chi connectivity index (χ4n) is 2.76. The molecule has 1 amide bonds. The molecule has 0 spiro atoms. The molecule has 30 heavy (non-hydrogen) atoms. The lowest BCUT2D eigenvalue weighted by atomic mass is 10.0.